The Kier molecular flexibility index (Phi) is 5.44. The van der Waals surface area contributed by atoms with Crippen molar-refractivity contribution in [3.05, 3.63) is 94.8 Å². The van der Waals surface area contributed by atoms with Gasteiger partial charge in [-0.1, -0.05) is 43.0 Å². The molecule has 0 saturated heterocycles. The molecule has 0 aliphatic carbocycles. The fourth-order valence-electron chi connectivity index (χ4n) is 3.15. The van der Waals surface area contributed by atoms with Crippen LogP contribution in [-0.2, 0) is 0 Å². The predicted octanol–water partition coefficient (Wildman–Crippen LogP) is 4.82. The molecule has 31 heavy (non-hydrogen) atoms. The van der Waals surface area contributed by atoms with E-state index in [1.807, 2.05) is 36.4 Å². The van der Waals surface area contributed by atoms with Crippen molar-refractivity contribution in [2.75, 3.05) is 6.61 Å². The van der Waals surface area contributed by atoms with Crippen molar-refractivity contribution in [1.29, 1.82) is 0 Å². The lowest BCUT2D eigenvalue weighted by atomic mass is 10.0. The maximum atomic E-state index is 12.4. The molecule has 1 aromatic heterocycles. The zero-order valence-corrected chi connectivity index (χ0v) is 16.3. The van der Waals surface area contributed by atoms with Crippen LogP contribution in [0.4, 0.5) is 5.69 Å². The molecule has 3 aromatic carbocycles. The highest BCUT2D eigenvalue weighted by atomic mass is 16.6. The van der Waals surface area contributed by atoms with Gasteiger partial charge in [-0.25, -0.2) is 5.43 Å². The van der Waals surface area contributed by atoms with Crippen molar-refractivity contribution in [2.45, 2.75) is 0 Å². The predicted molar refractivity (Wildman–Crippen MR) is 118 cm³/mol. The molecule has 8 nitrogen and oxygen atoms in total. The number of nitro groups is 1. The summed E-state index contributed by atoms with van der Waals surface area (Å²) in [6.45, 7) is 3.99. The molecule has 0 aliphatic rings. The Balaban J connectivity index is 1.58. The first-order valence-electron chi connectivity index (χ1n) is 9.33. The van der Waals surface area contributed by atoms with Gasteiger partial charge in [-0.2, -0.15) is 5.10 Å². The summed E-state index contributed by atoms with van der Waals surface area (Å²) in [5.74, 6) is 0.0187. The van der Waals surface area contributed by atoms with E-state index in [1.165, 1.54) is 30.5 Å². The van der Waals surface area contributed by atoms with Crippen LogP contribution in [0, 0.1) is 10.1 Å². The second-order valence-electron chi connectivity index (χ2n) is 6.59. The Bertz CT molecular complexity index is 1340. The normalized spacial score (nSPS) is 11.1. The third kappa shape index (κ3) is 4.13. The number of rotatable bonds is 7. The van der Waals surface area contributed by atoms with E-state index in [1.54, 1.807) is 6.08 Å². The van der Waals surface area contributed by atoms with Crippen LogP contribution in [0.15, 0.2) is 82.8 Å². The van der Waals surface area contributed by atoms with E-state index >= 15 is 0 Å². The molecule has 154 valence electrons. The van der Waals surface area contributed by atoms with E-state index in [2.05, 4.69) is 17.1 Å². The molecule has 0 saturated carbocycles. The highest BCUT2D eigenvalue weighted by Gasteiger charge is 2.15. The molecule has 0 radical (unpaired) electrons. The van der Waals surface area contributed by atoms with Gasteiger partial charge in [0.05, 0.1) is 11.1 Å². The number of nitrogens with zero attached hydrogens (tertiary/aromatic N) is 2. The molecule has 1 amide bonds. The van der Waals surface area contributed by atoms with Crippen molar-refractivity contribution in [3.63, 3.8) is 0 Å². The number of ether oxygens (including phenoxy) is 1. The van der Waals surface area contributed by atoms with Crippen LogP contribution in [-0.4, -0.2) is 23.7 Å². The number of amides is 1. The summed E-state index contributed by atoms with van der Waals surface area (Å²) in [5.41, 5.74) is 3.42. The zero-order valence-electron chi connectivity index (χ0n) is 16.3. The molecule has 4 aromatic rings. The van der Waals surface area contributed by atoms with Gasteiger partial charge in [0.25, 0.3) is 5.69 Å². The Morgan fingerprint density at radius 1 is 1.16 bits per heavy atom. The number of carbonyl (C=O) groups is 1. The van der Waals surface area contributed by atoms with Crippen molar-refractivity contribution in [1.82, 2.24) is 5.43 Å². The summed E-state index contributed by atoms with van der Waals surface area (Å²) in [4.78, 5) is 22.8. The monoisotopic (exact) mass is 415 g/mol. The standard InChI is InChI=1S/C23H17N3O5/c1-2-11-30-21-9-7-15-5-3-4-6-18(15)19(21)14-24-25-23(27)22-13-16-12-17(26(28)29)8-10-20(16)31-22/h2-10,12-14H,1,11H2,(H,25,27)/b24-14+. The molecule has 8 heteroatoms. The molecule has 0 fully saturated rings. The third-order valence-corrected chi connectivity index (χ3v) is 4.58. The molecule has 4 rings (SSSR count). The Morgan fingerprint density at radius 2 is 2.00 bits per heavy atom. The van der Waals surface area contributed by atoms with E-state index in [9.17, 15) is 14.9 Å². The van der Waals surface area contributed by atoms with Gasteiger partial charge in [0.15, 0.2) is 5.76 Å². The maximum absolute atomic E-state index is 12.4. The van der Waals surface area contributed by atoms with Crippen LogP contribution >= 0.6 is 0 Å². The summed E-state index contributed by atoms with van der Waals surface area (Å²) >= 11 is 0. The van der Waals surface area contributed by atoms with Gasteiger partial charge in [-0.15, -0.1) is 0 Å². The fourth-order valence-corrected chi connectivity index (χ4v) is 3.15. The minimum atomic E-state index is -0.580. The second kappa shape index (κ2) is 8.50. The number of hydrazone groups is 1. The molecule has 0 spiro atoms. The van der Waals surface area contributed by atoms with Crippen molar-refractivity contribution >= 4 is 39.6 Å². The first-order chi connectivity index (χ1) is 15.1. The zero-order chi connectivity index (χ0) is 21.8. The molecule has 1 N–H and O–H groups in total. The summed E-state index contributed by atoms with van der Waals surface area (Å²) in [5, 5.41) is 17.3. The average Bonchev–Trinajstić information content (AvgIpc) is 3.21. The van der Waals surface area contributed by atoms with Gasteiger partial charge in [-0.3, -0.25) is 14.9 Å². The number of non-ortho nitro benzene ring substituents is 1. The molecule has 0 aliphatic heterocycles. The lowest BCUT2D eigenvalue weighted by Crippen LogP contribution is -2.16. The van der Waals surface area contributed by atoms with E-state index in [-0.39, 0.29) is 11.4 Å². The van der Waals surface area contributed by atoms with E-state index in [0.29, 0.717) is 28.9 Å². The summed E-state index contributed by atoms with van der Waals surface area (Å²) in [7, 11) is 0. The van der Waals surface area contributed by atoms with Crippen LogP contribution in [0.3, 0.4) is 0 Å². The molecule has 0 atom stereocenters. The SMILES string of the molecule is C=CCOc1ccc2ccccc2c1/C=N/NC(=O)c1cc2cc([N+](=O)[O-])ccc2o1. The number of hydrogen-bond donors (Lipinski definition) is 1. The van der Waals surface area contributed by atoms with Crippen molar-refractivity contribution in [3.8, 4) is 5.75 Å². The Hall–Kier alpha value is -4.46. The number of carbonyl (C=O) groups excluding carboxylic acids is 1. The molecule has 0 unspecified atom stereocenters. The molecule has 1 heterocycles. The number of hydrogen-bond acceptors (Lipinski definition) is 6. The van der Waals surface area contributed by atoms with Gasteiger partial charge in [0.1, 0.15) is 17.9 Å². The van der Waals surface area contributed by atoms with Crippen LogP contribution < -0.4 is 10.2 Å². The van der Waals surface area contributed by atoms with Crippen LogP contribution in [0.1, 0.15) is 16.1 Å². The number of furan rings is 1. The lowest BCUT2D eigenvalue weighted by molar-refractivity contribution is -0.384. The van der Waals surface area contributed by atoms with Gasteiger partial charge in [-0.05, 0) is 29.0 Å². The highest BCUT2D eigenvalue weighted by Crippen LogP contribution is 2.27. The van der Waals surface area contributed by atoms with Crippen LogP contribution in [0.2, 0.25) is 0 Å². The largest absolute Gasteiger partial charge is 0.489 e. The molecular weight excluding hydrogens is 398 g/mol. The molecule has 0 bridgehead atoms. The third-order valence-electron chi connectivity index (χ3n) is 4.58. The van der Waals surface area contributed by atoms with Crippen molar-refractivity contribution < 1.29 is 18.9 Å². The quantitative estimate of drug-likeness (QED) is 0.201. The average molecular weight is 415 g/mol. The van der Waals surface area contributed by atoms with Gasteiger partial charge < -0.3 is 9.15 Å². The van der Waals surface area contributed by atoms with Crippen LogP contribution in [0.5, 0.6) is 5.75 Å². The first kappa shape index (κ1) is 19.8. The summed E-state index contributed by atoms with van der Waals surface area (Å²) in [6.07, 6.45) is 3.15. The van der Waals surface area contributed by atoms with E-state index in [0.717, 1.165) is 10.8 Å². The van der Waals surface area contributed by atoms with Crippen molar-refractivity contribution in [2.24, 2.45) is 5.10 Å². The summed E-state index contributed by atoms with van der Waals surface area (Å²) < 4.78 is 11.2. The first-order valence-corrected chi connectivity index (χ1v) is 9.33. The Morgan fingerprint density at radius 3 is 2.81 bits per heavy atom. The fraction of sp³-hybridized carbons (Fsp3) is 0.0435. The summed E-state index contributed by atoms with van der Waals surface area (Å²) in [6, 6.07) is 17.1. The van der Waals surface area contributed by atoms with Crippen LogP contribution in [0.25, 0.3) is 21.7 Å². The maximum Gasteiger partial charge on any atom is 0.307 e. The number of benzene rings is 3. The number of fused-ring (bicyclic) bond motifs is 2. The Labute approximate surface area is 176 Å². The van der Waals surface area contributed by atoms with E-state index < -0.39 is 10.8 Å². The second-order valence-corrected chi connectivity index (χ2v) is 6.59. The highest BCUT2D eigenvalue weighted by molar-refractivity contribution is 6.03. The minimum absolute atomic E-state index is 0.00583. The van der Waals surface area contributed by atoms with Gasteiger partial charge in [0, 0.05) is 23.1 Å². The smallest absolute Gasteiger partial charge is 0.307 e. The number of nitro benzene ring substituents is 1. The number of nitrogens with one attached hydrogen (secondary N) is 1. The van der Waals surface area contributed by atoms with Gasteiger partial charge in [0.2, 0.25) is 0 Å². The molecular formula is C23H17N3O5. The van der Waals surface area contributed by atoms with E-state index in [4.69, 9.17) is 9.15 Å². The lowest BCUT2D eigenvalue weighted by Gasteiger charge is -2.10. The topological polar surface area (TPSA) is 107 Å². The van der Waals surface area contributed by atoms with Gasteiger partial charge >= 0.3 is 5.91 Å². The minimum Gasteiger partial charge on any atom is -0.489 e.